The van der Waals surface area contributed by atoms with Gasteiger partial charge in [-0.2, -0.15) is 8.42 Å². The van der Waals surface area contributed by atoms with Crippen molar-refractivity contribution in [1.29, 1.82) is 0 Å². The van der Waals surface area contributed by atoms with E-state index in [2.05, 4.69) is 24.0 Å². The van der Waals surface area contributed by atoms with Gasteiger partial charge in [0.05, 0.1) is 12.9 Å². The minimum Gasteiger partial charge on any atom is -0.372 e. The molecule has 0 spiro atoms. The summed E-state index contributed by atoms with van der Waals surface area (Å²) < 4.78 is 34.9. The van der Waals surface area contributed by atoms with E-state index in [1.807, 2.05) is 48.5 Å². The van der Waals surface area contributed by atoms with Gasteiger partial charge in [-0.25, -0.2) is 0 Å². The zero-order chi connectivity index (χ0) is 18.6. The van der Waals surface area contributed by atoms with Crippen LogP contribution in [0.25, 0.3) is 0 Å². The molecule has 0 unspecified atom stereocenters. The molecule has 3 atom stereocenters. The highest BCUT2D eigenvalue weighted by molar-refractivity contribution is 7.86. The average molecular weight is 375 g/mol. The highest BCUT2D eigenvalue weighted by Crippen LogP contribution is 2.30. The molecule has 1 saturated heterocycles. The first-order chi connectivity index (χ1) is 12.4. The molecule has 0 N–H and O–H groups in total. The van der Waals surface area contributed by atoms with Gasteiger partial charge in [-0.1, -0.05) is 60.7 Å². The van der Waals surface area contributed by atoms with E-state index in [0.29, 0.717) is 13.2 Å². The lowest BCUT2D eigenvalue weighted by molar-refractivity contribution is -0.0889. The molecule has 2 aromatic rings. The van der Waals surface area contributed by atoms with Crippen LogP contribution in [0.15, 0.2) is 60.7 Å². The molecule has 26 heavy (non-hydrogen) atoms. The van der Waals surface area contributed by atoms with Gasteiger partial charge in [0.15, 0.2) is 0 Å². The van der Waals surface area contributed by atoms with Gasteiger partial charge in [-0.05, 0) is 18.1 Å². The van der Waals surface area contributed by atoms with Crippen molar-refractivity contribution in [3.8, 4) is 0 Å². The summed E-state index contributed by atoms with van der Waals surface area (Å²) in [7, 11) is -3.61. The van der Waals surface area contributed by atoms with Crippen molar-refractivity contribution in [2.75, 3.05) is 26.0 Å². The van der Waals surface area contributed by atoms with Crippen LogP contribution in [0.2, 0.25) is 0 Å². The van der Waals surface area contributed by atoms with E-state index in [1.165, 1.54) is 5.56 Å². The van der Waals surface area contributed by atoms with Crippen LogP contribution in [-0.2, 0) is 19.0 Å². The van der Waals surface area contributed by atoms with E-state index in [4.69, 9.17) is 8.92 Å². The van der Waals surface area contributed by atoms with E-state index in [0.717, 1.165) is 18.4 Å². The van der Waals surface area contributed by atoms with Crippen molar-refractivity contribution in [3.05, 3.63) is 71.8 Å². The van der Waals surface area contributed by atoms with Crippen LogP contribution >= 0.6 is 0 Å². The van der Waals surface area contributed by atoms with Crippen molar-refractivity contribution >= 4 is 10.1 Å². The van der Waals surface area contributed by atoms with E-state index < -0.39 is 16.2 Å². The van der Waals surface area contributed by atoms with Crippen LogP contribution < -0.4 is 0 Å². The van der Waals surface area contributed by atoms with Gasteiger partial charge in [0.1, 0.15) is 12.2 Å². The third kappa shape index (κ3) is 4.92. The number of hydrogen-bond donors (Lipinski definition) is 0. The molecule has 0 amide bonds. The summed E-state index contributed by atoms with van der Waals surface area (Å²) in [6.07, 6.45) is 0.0693. The maximum atomic E-state index is 11.8. The van der Waals surface area contributed by atoms with E-state index in [9.17, 15) is 8.42 Å². The van der Waals surface area contributed by atoms with Gasteiger partial charge in [-0.15, -0.1) is 0 Å². The number of morpholine rings is 1. The molecule has 0 bridgehead atoms. The Morgan fingerprint density at radius 3 is 2.19 bits per heavy atom. The molecule has 0 saturated carbocycles. The highest BCUT2D eigenvalue weighted by atomic mass is 32.2. The average Bonchev–Trinajstić information content (AvgIpc) is 2.66. The monoisotopic (exact) mass is 375 g/mol. The lowest BCUT2D eigenvalue weighted by Crippen LogP contribution is -2.46. The topological polar surface area (TPSA) is 55.8 Å². The molecule has 6 heteroatoms. The van der Waals surface area contributed by atoms with Crippen molar-refractivity contribution in [3.63, 3.8) is 0 Å². The quantitative estimate of drug-likeness (QED) is 0.726. The Morgan fingerprint density at radius 2 is 1.62 bits per heavy atom. The first kappa shape index (κ1) is 19.0. The maximum absolute atomic E-state index is 11.8. The lowest BCUT2D eigenvalue weighted by Gasteiger charge is -2.39. The van der Waals surface area contributed by atoms with Gasteiger partial charge in [0.2, 0.25) is 0 Å². The van der Waals surface area contributed by atoms with Gasteiger partial charge in [0.25, 0.3) is 10.1 Å². The largest absolute Gasteiger partial charge is 0.372 e. The minimum absolute atomic E-state index is 0.220. The van der Waals surface area contributed by atoms with Crippen LogP contribution in [0.5, 0.6) is 0 Å². The standard InChI is InChI=1S/C20H25NO4S/c1-16(17-9-5-3-6-10-17)21-13-14-24-19(15-21)20(25-26(2,22)23)18-11-7-4-8-12-18/h3-12,16,19-20H,13-15H2,1-2H3/t16-,19-,20+/m1/s1. The second-order valence-corrected chi connectivity index (χ2v) is 8.22. The zero-order valence-corrected chi connectivity index (χ0v) is 15.9. The van der Waals surface area contributed by atoms with Crippen LogP contribution in [0.3, 0.4) is 0 Å². The smallest absolute Gasteiger partial charge is 0.265 e. The molecule has 0 aliphatic carbocycles. The predicted molar refractivity (Wildman–Crippen MR) is 101 cm³/mol. The normalized spacial score (nSPS) is 21.2. The van der Waals surface area contributed by atoms with E-state index >= 15 is 0 Å². The summed E-state index contributed by atoms with van der Waals surface area (Å²) in [5.41, 5.74) is 2.03. The van der Waals surface area contributed by atoms with Crippen molar-refractivity contribution < 1.29 is 17.3 Å². The Morgan fingerprint density at radius 1 is 1.04 bits per heavy atom. The van der Waals surface area contributed by atoms with Crippen LogP contribution in [0, 0.1) is 0 Å². The SMILES string of the molecule is C[C@H](c1ccccc1)N1CCO[C@@H]([C@@H](OS(C)(=O)=O)c2ccccc2)C1. The molecule has 1 heterocycles. The minimum atomic E-state index is -3.61. The summed E-state index contributed by atoms with van der Waals surface area (Å²) in [6, 6.07) is 19.9. The Balaban J connectivity index is 1.81. The number of hydrogen-bond acceptors (Lipinski definition) is 5. The molecule has 1 aliphatic heterocycles. The fourth-order valence-corrected chi connectivity index (χ4v) is 3.95. The van der Waals surface area contributed by atoms with Crippen LogP contribution in [-0.4, -0.2) is 45.4 Å². The third-order valence-corrected chi connectivity index (χ3v) is 5.26. The molecule has 2 aromatic carbocycles. The van der Waals surface area contributed by atoms with Gasteiger partial charge in [0, 0.05) is 19.1 Å². The Labute approximate surface area is 155 Å². The second-order valence-electron chi connectivity index (χ2n) is 6.62. The molecular formula is C20H25NO4S. The second kappa shape index (κ2) is 8.31. The van der Waals surface area contributed by atoms with Gasteiger partial charge >= 0.3 is 0 Å². The van der Waals surface area contributed by atoms with Crippen molar-refractivity contribution in [1.82, 2.24) is 4.90 Å². The van der Waals surface area contributed by atoms with Crippen LogP contribution in [0.1, 0.15) is 30.2 Å². The highest BCUT2D eigenvalue weighted by Gasteiger charge is 2.34. The van der Waals surface area contributed by atoms with Crippen molar-refractivity contribution in [2.24, 2.45) is 0 Å². The van der Waals surface area contributed by atoms with E-state index in [-0.39, 0.29) is 12.1 Å². The summed E-state index contributed by atoms with van der Waals surface area (Å²) in [5.74, 6) is 0. The molecule has 1 aliphatic rings. The molecule has 1 fully saturated rings. The van der Waals surface area contributed by atoms with E-state index in [1.54, 1.807) is 0 Å². The Bertz CT molecular complexity index is 795. The fraction of sp³-hybridized carbons (Fsp3) is 0.400. The van der Waals surface area contributed by atoms with Gasteiger partial charge < -0.3 is 4.74 Å². The first-order valence-electron chi connectivity index (χ1n) is 8.78. The maximum Gasteiger partial charge on any atom is 0.265 e. The van der Waals surface area contributed by atoms with Gasteiger partial charge in [-0.3, -0.25) is 9.08 Å². The molecule has 140 valence electrons. The number of benzene rings is 2. The van der Waals surface area contributed by atoms with Crippen molar-refractivity contribution in [2.45, 2.75) is 25.2 Å². The first-order valence-corrected chi connectivity index (χ1v) is 10.6. The Kier molecular flexibility index (Phi) is 6.09. The fourth-order valence-electron chi connectivity index (χ4n) is 3.34. The summed E-state index contributed by atoms with van der Waals surface area (Å²) >= 11 is 0. The lowest BCUT2D eigenvalue weighted by atomic mass is 10.0. The summed E-state index contributed by atoms with van der Waals surface area (Å²) in [4.78, 5) is 2.31. The number of ether oxygens (including phenoxy) is 1. The molecule has 0 aromatic heterocycles. The number of rotatable bonds is 6. The molecule has 0 radical (unpaired) electrons. The molecule has 5 nitrogen and oxygen atoms in total. The molecule has 3 rings (SSSR count). The predicted octanol–water partition coefficient (Wildman–Crippen LogP) is 3.17. The Hall–Kier alpha value is -1.73. The van der Waals surface area contributed by atoms with Crippen LogP contribution in [0.4, 0.5) is 0 Å². The number of nitrogens with zero attached hydrogens (tertiary/aromatic N) is 1. The third-order valence-electron chi connectivity index (χ3n) is 4.70. The summed E-state index contributed by atoms with van der Waals surface area (Å²) in [5, 5.41) is 0. The molecular weight excluding hydrogens is 350 g/mol. The summed E-state index contributed by atoms with van der Waals surface area (Å²) in [6.45, 7) is 4.10. The zero-order valence-electron chi connectivity index (χ0n) is 15.1.